The minimum atomic E-state index is 0.222. The third-order valence-electron chi connectivity index (χ3n) is 2.85. The maximum absolute atomic E-state index is 11.9. The summed E-state index contributed by atoms with van der Waals surface area (Å²) in [6.45, 7) is 1.60. The molecule has 86 valence electrons. The molecule has 0 atom stereocenters. The zero-order valence-corrected chi connectivity index (χ0v) is 11.6. The molecule has 0 aromatic heterocycles. The number of hydrogen-bond donors (Lipinski definition) is 0. The molecule has 1 saturated carbocycles. The van der Waals surface area contributed by atoms with Crippen LogP contribution in [0.2, 0.25) is 0 Å². The first-order valence-corrected chi connectivity index (χ1v) is 6.70. The van der Waals surface area contributed by atoms with E-state index in [0.29, 0.717) is 6.54 Å². The summed E-state index contributed by atoms with van der Waals surface area (Å²) in [6.07, 6.45) is 2.67. The molecule has 0 amide bonds. The number of benzene rings is 1. The van der Waals surface area contributed by atoms with Gasteiger partial charge in [-0.25, -0.2) is 0 Å². The Kier molecular flexibility index (Phi) is 3.97. The third kappa shape index (κ3) is 3.56. The molecule has 3 heteroatoms. The average Bonchev–Trinajstić information content (AvgIpc) is 3.02. The lowest BCUT2D eigenvalue weighted by molar-refractivity contribution is 0.0944. The van der Waals surface area contributed by atoms with E-state index in [-0.39, 0.29) is 5.78 Å². The molecule has 0 radical (unpaired) electrons. The van der Waals surface area contributed by atoms with E-state index in [4.69, 9.17) is 0 Å². The number of nitrogens with zero attached hydrogens (tertiary/aromatic N) is 1. The number of likely N-dealkylation sites (N-methyl/N-ethyl adjacent to an activating group) is 1. The van der Waals surface area contributed by atoms with Crippen molar-refractivity contribution in [2.75, 3.05) is 20.1 Å². The maximum Gasteiger partial charge on any atom is 0.176 e. The summed E-state index contributed by atoms with van der Waals surface area (Å²) >= 11 is 2.25. The molecule has 0 spiro atoms. The zero-order chi connectivity index (χ0) is 11.5. The van der Waals surface area contributed by atoms with Gasteiger partial charge in [0.2, 0.25) is 0 Å². The van der Waals surface area contributed by atoms with E-state index in [0.717, 1.165) is 18.0 Å². The Balaban J connectivity index is 1.88. The van der Waals surface area contributed by atoms with Gasteiger partial charge in [-0.15, -0.1) is 0 Å². The minimum Gasteiger partial charge on any atom is -0.299 e. The van der Waals surface area contributed by atoms with Gasteiger partial charge in [0, 0.05) is 15.7 Å². The van der Waals surface area contributed by atoms with Crippen LogP contribution in [0.3, 0.4) is 0 Å². The summed E-state index contributed by atoms with van der Waals surface area (Å²) in [5, 5.41) is 0. The number of hydrogen-bond acceptors (Lipinski definition) is 2. The second kappa shape index (κ2) is 5.27. The van der Waals surface area contributed by atoms with Crippen molar-refractivity contribution in [2.45, 2.75) is 12.8 Å². The lowest BCUT2D eigenvalue weighted by Gasteiger charge is -2.14. The second-order valence-corrected chi connectivity index (χ2v) is 5.82. The van der Waals surface area contributed by atoms with Crippen molar-refractivity contribution >= 4 is 28.4 Å². The highest BCUT2D eigenvalue weighted by Crippen LogP contribution is 2.29. The fourth-order valence-corrected chi connectivity index (χ4v) is 2.14. The molecular formula is C13H16INO. The van der Waals surface area contributed by atoms with Crippen molar-refractivity contribution in [1.29, 1.82) is 0 Å². The molecule has 0 bridgehead atoms. The number of Topliss-reactive ketones (excluding diaryl/α,β-unsaturated/α-hetero) is 1. The van der Waals surface area contributed by atoms with Crippen LogP contribution in [-0.2, 0) is 0 Å². The molecule has 0 heterocycles. The van der Waals surface area contributed by atoms with Crippen molar-refractivity contribution in [2.24, 2.45) is 5.92 Å². The highest BCUT2D eigenvalue weighted by Gasteiger charge is 2.23. The van der Waals surface area contributed by atoms with E-state index in [1.165, 1.54) is 16.4 Å². The van der Waals surface area contributed by atoms with Gasteiger partial charge in [0.05, 0.1) is 6.54 Å². The number of halogens is 1. The molecule has 0 unspecified atom stereocenters. The van der Waals surface area contributed by atoms with E-state index in [1.807, 2.05) is 31.3 Å². The summed E-state index contributed by atoms with van der Waals surface area (Å²) < 4.78 is 1.17. The Bertz CT molecular complexity index is 370. The lowest BCUT2D eigenvalue weighted by atomic mass is 10.1. The first-order chi connectivity index (χ1) is 7.65. The molecule has 0 saturated heterocycles. The molecule has 16 heavy (non-hydrogen) atoms. The molecule has 2 nitrogen and oxygen atoms in total. The van der Waals surface area contributed by atoms with Crippen LogP contribution in [0.5, 0.6) is 0 Å². The van der Waals surface area contributed by atoms with Gasteiger partial charge >= 0.3 is 0 Å². The van der Waals surface area contributed by atoms with E-state index < -0.39 is 0 Å². The van der Waals surface area contributed by atoms with Gasteiger partial charge in [0.1, 0.15) is 0 Å². The summed E-state index contributed by atoms with van der Waals surface area (Å²) in [5.74, 6) is 1.06. The smallest absolute Gasteiger partial charge is 0.176 e. The Morgan fingerprint density at radius 2 is 2.00 bits per heavy atom. The summed E-state index contributed by atoms with van der Waals surface area (Å²) in [6, 6.07) is 7.79. The van der Waals surface area contributed by atoms with Gasteiger partial charge < -0.3 is 0 Å². The number of carbonyl (C=O) groups excluding carboxylic acids is 1. The molecular weight excluding hydrogens is 313 g/mol. The minimum absolute atomic E-state index is 0.222. The molecule has 1 aliphatic rings. The van der Waals surface area contributed by atoms with Crippen LogP contribution in [0.15, 0.2) is 24.3 Å². The Labute approximate surface area is 110 Å². The predicted molar refractivity (Wildman–Crippen MR) is 73.7 cm³/mol. The van der Waals surface area contributed by atoms with Crippen molar-refractivity contribution in [3.63, 3.8) is 0 Å². The Morgan fingerprint density at radius 3 is 2.56 bits per heavy atom. The number of carbonyl (C=O) groups is 1. The largest absolute Gasteiger partial charge is 0.299 e. The highest BCUT2D eigenvalue weighted by atomic mass is 127. The van der Waals surface area contributed by atoms with Crippen LogP contribution in [-0.4, -0.2) is 30.8 Å². The molecule has 2 rings (SSSR count). The van der Waals surface area contributed by atoms with Gasteiger partial charge in [-0.3, -0.25) is 9.69 Å². The van der Waals surface area contributed by atoms with Crippen LogP contribution in [0.25, 0.3) is 0 Å². The van der Waals surface area contributed by atoms with Gasteiger partial charge in [-0.1, -0.05) is 12.1 Å². The molecule has 1 fully saturated rings. The summed E-state index contributed by atoms with van der Waals surface area (Å²) in [4.78, 5) is 14.1. The van der Waals surface area contributed by atoms with E-state index >= 15 is 0 Å². The molecule has 1 aromatic carbocycles. The fourth-order valence-electron chi connectivity index (χ4n) is 1.78. The average molecular weight is 329 g/mol. The van der Waals surface area contributed by atoms with Crippen LogP contribution in [0.4, 0.5) is 0 Å². The van der Waals surface area contributed by atoms with Gasteiger partial charge in [-0.2, -0.15) is 0 Å². The molecule has 1 aromatic rings. The van der Waals surface area contributed by atoms with Crippen molar-refractivity contribution in [1.82, 2.24) is 4.90 Å². The van der Waals surface area contributed by atoms with Crippen LogP contribution < -0.4 is 0 Å². The van der Waals surface area contributed by atoms with Crippen LogP contribution in [0.1, 0.15) is 23.2 Å². The number of rotatable bonds is 5. The standard InChI is InChI=1S/C13H16INO/c1-15(8-10-2-3-10)9-13(16)11-4-6-12(14)7-5-11/h4-7,10H,2-3,8-9H2,1H3. The quantitative estimate of drug-likeness (QED) is 0.612. The first-order valence-electron chi connectivity index (χ1n) is 5.62. The zero-order valence-electron chi connectivity index (χ0n) is 9.45. The third-order valence-corrected chi connectivity index (χ3v) is 3.57. The maximum atomic E-state index is 11.9. The fraction of sp³-hybridized carbons (Fsp3) is 0.462. The van der Waals surface area contributed by atoms with Crippen LogP contribution in [0, 0.1) is 9.49 Å². The summed E-state index contributed by atoms with van der Waals surface area (Å²) in [5.41, 5.74) is 0.822. The lowest BCUT2D eigenvalue weighted by Crippen LogP contribution is -2.27. The highest BCUT2D eigenvalue weighted by molar-refractivity contribution is 14.1. The van der Waals surface area contributed by atoms with Gasteiger partial charge in [-0.05, 0) is 60.5 Å². The summed E-state index contributed by atoms with van der Waals surface area (Å²) in [7, 11) is 2.03. The Hall–Kier alpha value is -0.420. The second-order valence-electron chi connectivity index (χ2n) is 4.57. The van der Waals surface area contributed by atoms with E-state index in [9.17, 15) is 4.79 Å². The van der Waals surface area contributed by atoms with Gasteiger partial charge in [0.25, 0.3) is 0 Å². The first kappa shape index (κ1) is 12.0. The normalized spacial score (nSPS) is 15.4. The van der Waals surface area contributed by atoms with Crippen LogP contribution >= 0.6 is 22.6 Å². The topological polar surface area (TPSA) is 20.3 Å². The van der Waals surface area contributed by atoms with Crippen molar-refractivity contribution < 1.29 is 4.79 Å². The monoisotopic (exact) mass is 329 g/mol. The SMILES string of the molecule is CN(CC(=O)c1ccc(I)cc1)CC1CC1. The van der Waals surface area contributed by atoms with E-state index in [2.05, 4.69) is 27.5 Å². The predicted octanol–water partition coefficient (Wildman–Crippen LogP) is 2.82. The van der Waals surface area contributed by atoms with Gasteiger partial charge in [0.15, 0.2) is 5.78 Å². The number of ketones is 1. The van der Waals surface area contributed by atoms with E-state index in [1.54, 1.807) is 0 Å². The molecule has 1 aliphatic carbocycles. The molecule has 0 N–H and O–H groups in total. The Morgan fingerprint density at radius 1 is 1.38 bits per heavy atom. The van der Waals surface area contributed by atoms with Crippen molar-refractivity contribution in [3.8, 4) is 0 Å². The molecule has 0 aliphatic heterocycles. The van der Waals surface area contributed by atoms with Crippen molar-refractivity contribution in [3.05, 3.63) is 33.4 Å².